The topological polar surface area (TPSA) is 58.1 Å². The lowest BCUT2D eigenvalue weighted by atomic mass is 10.1. The maximum atomic E-state index is 12.1. The predicted octanol–water partition coefficient (Wildman–Crippen LogP) is 4.37. The van der Waals surface area contributed by atoms with E-state index in [-0.39, 0.29) is 5.91 Å². The Kier molecular flexibility index (Phi) is 7.01. The zero-order valence-corrected chi connectivity index (χ0v) is 16.7. The summed E-state index contributed by atoms with van der Waals surface area (Å²) in [7, 11) is 0. The Morgan fingerprint density at radius 1 is 1.12 bits per heavy atom. The molecular formula is C17H22N4OS3. The van der Waals surface area contributed by atoms with Gasteiger partial charge in [0.25, 0.3) is 0 Å². The number of piperidine rings is 1. The average molecular weight is 395 g/mol. The summed E-state index contributed by atoms with van der Waals surface area (Å²) >= 11 is 4.65. The van der Waals surface area contributed by atoms with E-state index in [0.717, 1.165) is 33.2 Å². The van der Waals surface area contributed by atoms with E-state index < -0.39 is 0 Å². The van der Waals surface area contributed by atoms with Crippen molar-refractivity contribution in [3.8, 4) is 0 Å². The molecule has 2 heterocycles. The molecule has 8 heteroatoms. The molecule has 0 spiro atoms. The maximum absolute atomic E-state index is 12.1. The van der Waals surface area contributed by atoms with Crippen molar-refractivity contribution >= 4 is 52.1 Å². The first-order valence-electron chi connectivity index (χ1n) is 8.48. The van der Waals surface area contributed by atoms with Crippen LogP contribution in [-0.2, 0) is 4.79 Å². The van der Waals surface area contributed by atoms with E-state index in [4.69, 9.17) is 0 Å². The molecule has 1 aliphatic heterocycles. The van der Waals surface area contributed by atoms with Gasteiger partial charge in [-0.15, -0.1) is 10.2 Å². The molecule has 0 radical (unpaired) electrons. The van der Waals surface area contributed by atoms with E-state index in [1.54, 1.807) is 23.1 Å². The van der Waals surface area contributed by atoms with Crippen molar-refractivity contribution in [1.29, 1.82) is 0 Å². The molecule has 2 aromatic rings. The molecule has 0 atom stereocenters. The Morgan fingerprint density at radius 3 is 2.48 bits per heavy atom. The number of nitrogens with one attached hydrogen (secondary N) is 1. The lowest BCUT2D eigenvalue weighted by Crippen LogP contribution is -2.29. The molecule has 0 saturated carbocycles. The molecule has 1 aromatic carbocycles. The van der Waals surface area contributed by atoms with Crippen molar-refractivity contribution in [3.63, 3.8) is 0 Å². The van der Waals surface area contributed by atoms with Gasteiger partial charge in [-0.25, -0.2) is 0 Å². The molecule has 0 bridgehead atoms. The highest BCUT2D eigenvalue weighted by Crippen LogP contribution is 2.28. The van der Waals surface area contributed by atoms with E-state index in [0.29, 0.717) is 5.75 Å². The second-order valence-electron chi connectivity index (χ2n) is 5.70. The molecule has 3 rings (SSSR count). The van der Waals surface area contributed by atoms with E-state index in [1.807, 2.05) is 12.1 Å². The maximum Gasteiger partial charge on any atom is 0.234 e. The first kappa shape index (κ1) is 18.5. The summed E-state index contributed by atoms with van der Waals surface area (Å²) in [5.74, 6) is 1.31. The van der Waals surface area contributed by atoms with Crippen molar-refractivity contribution in [3.05, 3.63) is 24.3 Å². The highest BCUT2D eigenvalue weighted by molar-refractivity contribution is 8.03. The second kappa shape index (κ2) is 9.45. The van der Waals surface area contributed by atoms with Crippen molar-refractivity contribution in [2.75, 3.05) is 34.8 Å². The van der Waals surface area contributed by atoms with E-state index in [1.165, 1.54) is 36.7 Å². The molecule has 1 amide bonds. The molecule has 1 N–H and O–H groups in total. The molecular weight excluding hydrogens is 372 g/mol. The number of hydrogen-bond donors (Lipinski definition) is 1. The Labute approximate surface area is 161 Å². The van der Waals surface area contributed by atoms with Crippen LogP contribution >= 0.6 is 34.9 Å². The number of nitrogens with zero attached hydrogens (tertiary/aromatic N) is 3. The first-order valence-corrected chi connectivity index (χ1v) is 11.3. The van der Waals surface area contributed by atoms with Crippen LogP contribution in [0.25, 0.3) is 0 Å². The Bertz CT molecular complexity index is 683. The molecule has 1 fully saturated rings. The summed E-state index contributed by atoms with van der Waals surface area (Å²) in [6, 6.07) is 8.14. The first-order chi connectivity index (χ1) is 12.2. The fourth-order valence-electron chi connectivity index (χ4n) is 2.67. The normalized spacial score (nSPS) is 14.5. The third-order valence-corrected chi connectivity index (χ3v) is 6.93. The van der Waals surface area contributed by atoms with Crippen LogP contribution in [0, 0.1) is 0 Å². The number of amides is 1. The smallest absolute Gasteiger partial charge is 0.234 e. The van der Waals surface area contributed by atoms with Crippen LogP contribution in [0.4, 0.5) is 11.4 Å². The summed E-state index contributed by atoms with van der Waals surface area (Å²) in [5, 5.41) is 11.1. The monoisotopic (exact) mass is 394 g/mol. The van der Waals surface area contributed by atoms with Gasteiger partial charge in [0.05, 0.1) is 5.75 Å². The molecule has 134 valence electrons. The fourth-order valence-corrected chi connectivity index (χ4v) is 5.39. The van der Waals surface area contributed by atoms with Crippen molar-refractivity contribution in [1.82, 2.24) is 10.2 Å². The summed E-state index contributed by atoms with van der Waals surface area (Å²) in [6.45, 7) is 4.34. The lowest BCUT2D eigenvalue weighted by molar-refractivity contribution is -0.113. The van der Waals surface area contributed by atoms with Gasteiger partial charge in [-0.1, -0.05) is 41.8 Å². The molecule has 1 saturated heterocycles. The van der Waals surface area contributed by atoms with Crippen LogP contribution in [0.3, 0.4) is 0 Å². The van der Waals surface area contributed by atoms with E-state index >= 15 is 0 Å². The van der Waals surface area contributed by atoms with E-state index in [9.17, 15) is 4.79 Å². The van der Waals surface area contributed by atoms with Gasteiger partial charge in [0.1, 0.15) is 0 Å². The minimum absolute atomic E-state index is 0.0179. The van der Waals surface area contributed by atoms with Gasteiger partial charge >= 0.3 is 0 Å². The third-order valence-electron chi connectivity index (χ3n) is 3.85. The number of carbonyl (C=O) groups is 1. The van der Waals surface area contributed by atoms with Gasteiger partial charge in [-0.2, -0.15) is 0 Å². The number of benzene rings is 1. The van der Waals surface area contributed by atoms with Crippen LogP contribution in [0.1, 0.15) is 26.2 Å². The summed E-state index contributed by atoms with van der Waals surface area (Å²) in [5.41, 5.74) is 2.08. The summed E-state index contributed by atoms with van der Waals surface area (Å²) in [4.78, 5) is 14.5. The molecule has 1 aliphatic rings. The highest BCUT2D eigenvalue weighted by Gasteiger charge is 2.11. The molecule has 1 aromatic heterocycles. The van der Waals surface area contributed by atoms with Crippen LogP contribution in [0.2, 0.25) is 0 Å². The number of rotatable bonds is 7. The number of aromatic nitrogens is 2. The zero-order valence-electron chi connectivity index (χ0n) is 14.2. The van der Waals surface area contributed by atoms with E-state index in [2.05, 4.69) is 39.5 Å². The number of anilines is 2. The second-order valence-corrected chi connectivity index (χ2v) is 9.41. The molecule has 0 aliphatic carbocycles. The van der Waals surface area contributed by atoms with Gasteiger partial charge in [-0.05, 0) is 49.3 Å². The third kappa shape index (κ3) is 5.62. The minimum Gasteiger partial charge on any atom is -0.372 e. The Hall–Kier alpha value is -1.25. The predicted molar refractivity (Wildman–Crippen MR) is 108 cm³/mol. The number of thioether (sulfide) groups is 2. The largest absolute Gasteiger partial charge is 0.372 e. The average Bonchev–Trinajstić information content (AvgIpc) is 3.09. The van der Waals surface area contributed by atoms with Crippen LogP contribution in [0.15, 0.2) is 32.9 Å². The lowest BCUT2D eigenvalue weighted by Gasteiger charge is -2.28. The van der Waals surface area contributed by atoms with Crippen molar-refractivity contribution in [2.24, 2.45) is 0 Å². The van der Waals surface area contributed by atoms with Gasteiger partial charge in [0.15, 0.2) is 8.68 Å². The summed E-state index contributed by atoms with van der Waals surface area (Å²) in [6.07, 6.45) is 3.86. The van der Waals surface area contributed by atoms with Crippen LogP contribution in [-0.4, -0.2) is 40.7 Å². The van der Waals surface area contributed by atoms with Crippen LogP contribution in [0.5, 0.6) is 0 Å². The standard InChI is InChI=1S/C17H22N4OS3/c1-2-23-16-19-20-17(25-16)24-12-15(22)18-13-6-8-14(9-7-13)21-10-4-3-5-11-21/h6-9H,2-5,10-12H2,1H3,(H,18,22). The van der Waals surface area contributed by atoms with Gasteiger partial charge in [0, 0.05) is 24.5 Å². The molecule has 0 unspecified atom stereocenters. The van der Waals surface area contributed by atoms with Crippen molar-refractivity contribution < 1.29 is 4.79 Å². The van der Waals surface area contributed by atoms with Gasteiger partial charge < -0.3 is 10.2 Å². The molecule has 5 nitrogen and oxygen atoms in total. The SMILES string of the molecule is CCSc1nnc(SCC(=O)Nc2ccc(N3CCCCC3)cc2)s1. The highest BCUT2D eigenvalue weighted by atomic mass is 32.2. The number of hydrogen-bond acceptors (Lipinski definition) is 7. The summed E-state index contributed by atoms with van der Waals surface area (Å²) < 4.78 is 1.80. The molecule has 25 heavy (non-hydrogen) atoms. The van der Waals surface area contributed by atoms with Crippen LogP contribution < -0.4 is 10.2 Å². The van der Waals surface area contributed by atoms with Crippen molar-refractivity contribution in [2.45, 2.75) is 34.9 Å². The quantitative estimate of drug-likeness (QED) is 0.704. The Morgan fingerprint density at radius 2 is 1.80 bits per heavy atom. The minimum atomic E-state index is -0.0179. The van der Waals surface area contributed by atoms with Gasteiger partial charge in [-0.3, -0.25) is 4.79 Å². The fraction of sp³-hybridized carbons (Fsp3) is 0.471. The van der Waals surface area contributed by atoms with Gasteiger partial charge in [0.2, 0.25) is 5.91 Å². The Balaban J connectivity index is 1.47. The zero-order chi connectivity index (χ0) is 17.5. The number of carbonyl (C=O) groups excluding carboxylic acids is 1.